The summed E-state index contributed by atoms with van der Waals surface area (Å²) in [5, 5.41) is 10.5. The van der Waals surface area contributed by atoms with E-state index in [-0.39, 0.29) is 30.2 Å². The summed E-state index contributed by atoms with van der Waals surface area (Å²) in [6.07, 6.45) is 0. The molecule has 0 saturated heterocycles. The lowest BCUT2D eigenvalue weighted by Gasteiger charge is -2.30. The van der Waals surface area contributed by atoms with Gasteiger partial charge in [0, 0.05) is 0 Å². The number of thioether (sulfide) groups is 1. The molecule has 1 N–H and O–H groups in total. The number of aromatic nitrogens is 2. The first-order valence-electron chi connectivity index (χ1n) is 9.38. The maximum Gasteiger partial charge on any atom is 0.277 e. The average Bonchev–Trinajstić information content (AvgIpc) is 3.18. The fraction of sp³-hybridized carbons (Fsp3) is 0.238. The highest BCUT2D eigenvalue weighted by atomic mass is 32.2. The van der Waals surface area contributed by atoms with Crippen molar-refractivity contribution in [1.29, 1.82) is 0 Å². The number of amides is 2. The van der Waals surface area contributed by atoms with E-state index in [1.807, 2.05) is 43.3 Å². The van der Waals surface area contributed by atoms with Crippen molar-refractivity contribution < 1.29 is 18.7 Å². The number of nitrogens with one attached hydrogen (secondary N) is 1. The van der Waals surface area contributed by atoms with Gasteiger partial charge in [-0.15, -0.1) is 10.2 Å². The molecule has 0 radical (unpaired) electrons. The molecule has 1 aromatic heterocycles. The number of nitrogens with zero attached hydrogens (tertiary/aromatic N) is 3. The Kier molecular flexibility index (Phi) is 5.71. The Hall–Kier alpha value is -3.33. The second-order valence-electron chi connectivity index (χ2n) is 6.82. The van der Waals surface area contributed by atoms with E-state index in [0.717, 1.165) is 17.3 Å². The predicted molar refractivity (Wildman–Crippen MR) is 113 cm³/mol. The summed E-state index contributed by atoms with van der Waals surface area (Å²) in [4.78, 5) is 26.4. The molecule has 0 unspecified atom stereocenters. The molecule has 2 heterocycles. The average molecular weight is 424 g/mol. The molecule has 30 heavy (non-hydrogen) atoms. The highest BCUT2D eigenvalue weighted by Crippen LogP contribution is 2.32. The van der Waals surface area contributed by atoms with Crippen LogP contribution in [-0.2, 0) is 16.2 Å². The van der Waals surface area contributed by atoms with Crippen LogP contribution in [0.3, 0.4) is 0 Å². The van der Waals surface area contributed by atoms with Crippen molar-refractivity contribution in [1.82, 2.24) is 10.2 Å². The number of hydrogen-bond donors (Lipinski definition) is 1. The number of rotatable bonds is 6. The van der Waals surface area contributed by atoms with Gasteiger partial charge in [-0.3, -0.25) is 14.5 Å². The molecule has 2 amide bonds. The predicted octanol–water partition coefficient (Wildman–Crippen LogP) is 3.42. The standard InChI is InChI=1S/C21H20N4O4S/c1-13-6-5-7-15(10-13)28-12-19-23-24-21(29-19)30-14(2)20(27)25-11-18(26)22-16-8-3-4-9-17(16)25/h3-10,14H,11-12H2,1-2H3,(H,22,26)/t14-/m0/s1. The number of hydrogen-bond acceptors (Lipinski definition) is 7. The first-order valence-corrected chi connectivity index (χ1v) is 10.3. The Morgan fingerprint density at radius 1 is 1.27 bits per heavy atom. The Morgan fingerprint density at radius 3 is 2.93 bits per heavy atom. The van der Waals surface area contributed by atoms with Crippen molar-refractivity contribution in [2.45, 2.75) is 30.9 Å². The fourth-order valence-corrected chi connectivity index (χ4v) is 3.81. The van der Waals surface area contributed by atoms with Gasteiger partial charge in [0.05, 0.1) is 16.6 Å². The Balaban J connectivity index is 1.39. The van der Waals surface area contributed by atoms with Crippen LogP contribution >= 0.6 is 11.8 Å². The van der Waals surface area contributed by atoms with Crippen molar-refractivity contribution in [3.05, 3.63) is 60.0 Å². The lowest BCUT2D eigenvalue weighted by Crippen LogP contribution is -2.45. The lowest BCUT2D eigenvalue weighted by molar-refractivity contribution is -0.121. The molecular formula is C21H20N4O4S. The molecule has 1 atom stereocenters. The zero-order valence-electron chi connectivity index (χ0n) is 16.5. The van der Waals surface area contributed by atoms with Crippen LogP contribution in [0, 0.1) is 6.92 Å². The van der Waals surface area contributed by atoms with E-state index < -0.39 is 5.25 Å². The molecule has 1 aliphatic heterocycles. The van der Waals surface area contributed by atoms with Crippen LogP contribution in [0.1, 0.15) is 18.4 Å². The van der Waals surface area contributed by atoms with Crippen molar-refractivity contribution in [3.8, 4) is 5.75 Å². The Morgan fingerprint density at radius 2 is 2.10 bits per heavy atom. The number of fused-ring (bicyclic) bond motifs is 1. The third-order valence-corrected chi connectivity index (χ3v) is 5.38. The number of aryl methyl sites for hydroxylation is 1. The Labute approximate surface area is 177 Å². The summed E-state index contributed by atoms with van der Waals surface area (Å²) < 4.78 is 11.3. The summed E-state index contributed by atoms with van der Waals surface area (Å²) >= 11 is 1.15. The summed E-state index contributed by atoms with van der Waals surface area (Å²) in [6, 6.07) is 14.9. The molecule has 4 rings (SSSR count). The van der Waals surface area contributed by atoms with Gasteiger partial charge in [-0.25, -0.2) is 0 Å². The maximum absolute atomic E-state index is 13.0. The van der Waals surface area contributed by atoms with Gasteiger partial charge in [-0.2, -0.15) is 0 Å². The smallest absolute Gasteiger partial charge is 0.277 e. The highest BCUT2D eigenvalue weighted by Gasteiger charge is 2.30. The minimum atomic E-state index is -0.519. The zero-order chi connectivity index (χ0) is 21.1. The fourth-order valence-electron chi connectivity index (χ4n) is 3.05. The van der Waals surface area contributed by atoms with E-state index in [2.05, 4.69) is 15.5 Å². The SMILES string of the molecule is Cc1cccc(OCc2nnc(S[C@@H](C)C(=O)N3CC(=O)Nc4ccccc43)o2)c1. The summed E-state index contributed by atoms with van der Waals surface area (Å²) in [5.41, 5.74) is 2.38. The van der Waals surface area contributed by atoms with Gasteiger partial charge >= 0.3 is 0 Å². The van der Waals surface area contributed by atoms with Crippen LogP contribution in [0.4, 0.5) is 11.4 Å². The summed E-state index contributed by atoms with van der Waals surface area (Å²) in [7, 11) is 0. The molecular weight excluding hydrogens is 404 g/mol. The summed E-state index contributed by atoms with van der Waals surface area (Å²) in [5.74, 6) is 0.597. The van der Waals surface area contributed by atoms with E-state index in [1.54, 1.807) is 19.1 Å². The van der Waals surface area contributed by atoms with Gasteiger partial charge in [0.1, 0.15) is 12.3 Å². The highest BCUT2D eigenvalue weighted by molar-refractivity contribution is 8.00. The van der Waals surface area contributed by atoms with E-state index in [1.165, 1.54) is 4.90 Å². The number of para-hydroxylation sites is 2. The maximum atomic E-state index is 13.0. The van der Waals surface area contributed by atoms with Crippen LogP contribution in [-0.4, -0.2) is 33.8 Å². The van der Waals surface area contributed by atoms with Gasteiger partial charge in [0.25, 0.3) is 11.1 Å². The molecule has 1 aliphatic rings. The first kappa shape index (κ1) is 20.0. The molecule has 2 aromatic carbocycles. The third-order valence-electron chi connectivity index (χ3n) is 4.46. The van der Waals surface area contributed by atoms with Crippen LogP contribution in [0.5, 0.6) is 5.75 Å². The normalized spacial score (nSPS) is 14.1. The Bertz CT molecular complexity index is 1080. The van der Waals surface area contributed by atoms with Gasteiger partial charge in [0.2, 0.25) is 11.8 Å². The van der Waals surface area contributed by atoms with Gasteiger partial charge in [-0.05, 0) is 43.7 Å². The second-order valence-corrected chi connectivity index (χ2v) is 8.11. The van der Waals surface area contributed by atoms with Crippen molar-refractivity contribution in [3.63, 3.8) is 0 Å². The number of ether oxygens (including phenoxy) is 1. The van der Waals surface area contributed by atoms with Gasteiger partial charge in [0.15, 0.2) is 6.61 Å². The van der Waals surface area contributed by atoms with Crippen LogP contribution < -0.4 is 15.0 Å². The minimum absolute atomic E-state index is 0.0276. The molecule has 154 valence electrons. The molecule has 9 heteroatoms. The van der Waals surface area contributed by atoms with Gasteiger partial charge < -0.3 is 14.5 Å². The number of benzene rings is 2. The molecule has 0 bridgehead atoms. The molecule has 3 aromatic rings. The zero-order valence-corrected chi connectivity index (χ0v) is 17.3. The minimum Gasteiger partial charge on any atom is -0.484 e. The van der Waals surface area contributed by atoms with E-state index in [9.17, 15) is 9.59 Å². The lowest BCUT2D eigenvalue weighted by atomic mass is 10.2. The van der Waals surface area contributed by atoms with Crippen molar-refractivity contribution in [2.24, 2.45) is 0 Å². The molecule has 8 nitrogen and oxygen atoms in total. The first-order chi connectivity index (χ1) is 14.5. The molecule has 0 saturated carbocycles. The van der Waals surface area contributed by atoms with Crippen LogP contribution in [0.2, 0.25) is 0 Å². The number of carbonyl (C=O) groups is 2. The monoisotopic (exact) mass is 424 g/mol. The second kappa shape index (κ2) is 8.58. The van der Waals surface area contributed by atoms with E-state index in [0.29, 0.717) is 23.0 Å². The van der Waals surface area contributed by atoms with Gasteiger partial charge in [-0.1, -0.05) is 36.0 Å². The van der Waals surface area contributed by atoms with Crippen molar-refractivity contribution >= 4 is 35.0 Å². The van der Waals surface area contributed by atoms with E-state index in [4.69, 9.17) is 9.15 Å². The summed E-state index contributed by atoms with van der Waals surface area (Å²) in [6.45, 7) is 3.84. The topological polar surface area (TPSA) is 97.6 Å². The molecule has 0 spiro atoms. The van der Waals surface area contributed by atoms with Crippen LogP contribution in [0.25, 0.3) is 0 Å². The third kappa shape index (κ3) is 4.46. The number of anilines is 2. The molecule has 0 fully saturated rings. The van der Waals surface area contributed by atoms with Crippen molar-refractivity contribution in [2.75, 3.05) is 16.8 Å². The molecule has 0 aliphatic carbocycles. The van der Waals surface area contributed by atoms with E-state index >= 15 is 0 Å². The quantitative estimate of drug-likeness (QED) is 0.606. The number of carbonyl (C=O) groups excluding carboxylic acids is 2. The van der Waals surface area contributed by atoms with Crippen LogP contribution in [0.15, 0.2) is 58.2 Å². The largest absolute Gasteiger partial charge is 0.484 e.